The summed E-state index contributed by atoms with van der Waals surface area (Å²) in [5, 5.41) is 18.3. The van der Waals surface area contributed by atoms with Gasteiger partial charge in [0.05, 0.1) is 23.6 Å². The summed E-state index contributed by atoms with van der Waals surface area (Å²) in [6, 6.07) is 0.946. The maximum atomic E-state index is 13.3. The Labute approximate surface area is 226 Å². The number of benzene rings is 1. The number of nitrogens with zero attached hydrogens (tertiary/aromatic N) is 5. The molecule has 1 aliphatic heterocycles. The number of rotatable bonds is 6. The highest BCUT2D eigenvalue weighted by Crippen LogP contribution is 2.35. The van der Waals surface area contributed by atoms with Crippen LogP contribution in [0.15, 0.2) is 35.2 Å². The maximum Gasteiger partial charge on any atom is 0.408 e. The second-order valence-electron chi connectivity index (χ2n) is 8.91. The van der Waals surface area contributed by atoms with Crippen LogP contribution in [0.25, 0.3) is 10.9 Å². The summed E-state index contributed by atoms with van der Waals surface area (Å²) in [5.41, 5.74) is 2.01. The van der Waals surface area contributed by atoms with E-state index in [-0.39, 0.29) is 18.9 Å². The third kappa shape index (κ3) is 4.99. The summed E-state index contributed by atoms with van der Waals surface area (Å²) in [6.45, 7) is 3.34. The number of carbonyl (C=O) groups is 2. The van der Waals surface area contributed by atoms with Gasteiger partial charge in [0.2, 0.25) is 5.91 Å². The zero-order chi connectivity index (χ0) is 27.2. The Morgan fingerprint density at radius 2 is 2.08 bits per heavy atom. The normalized spacial score (nSPS) is 16.7. The first-order chi connectivity index (χ1) is 18.0. The fraction of sp³-hybridized carbons (Fsp3) is 0.348. The molecule has 10 nitrogen and oxygen atoms in total. The summed E-state index contributed by atoms with van der Waals surface area (Å²) < 4.78 is 42.0. The van der Waals surface area contributed by atoms with Crippen molar-refractivity contribution in [2.75, 3.05) is 17.2 Å². The number of alkyl halides is 3. The number of likely N-dealkylation sites (tertiary alicyclic amines) is 1. The van der Waals surface area contributed by atoms with Gasteiger partial charge in [0.15, 0.2) is 10.9 Å². The quantitative estimate of drug-likeness (QED) is 0.269. The van der Waals surface area contributed by atoms with Crippen molar-refractivity contribution in [3.05, 3.63) is 45.6 Å². The summed E-state index contributed by atoms with van der Waals surface area (Å²) in [6.07, 6.45) is 0.382. The number of thiazole rings is 1. The van der Waals surface area contributed by atoms with Crippen LogP contribution < -0.4 is 10.6 Å². The molecule has 1 unspecified atom stereocenters. The molecule has 2 amide bonds. The molecule has 0 saturated carbocycles. The average Bonchev–Trinajstić information content (AvgIpc) is 3.67. The Morgan fingerprint density at radius 3 is 2.84 bits per heavy atom. The van der Waals surface area contributed by atoms with E-state index in [2.05, 4.69) is 46.8 Å². The Kier molecular flexibility index (Phi) is 6.90. The van der Waals surface area contributed by atoms with E-state index in [1.807, 2.05) is 6.07 Å². The molecule has 4 heterocycles. The molecular formula is C23H22BrF3N8O2S. The van der Waals surface area contributed by atoms with Crippen molar-refractivity contribution in [2.45, 2.75) is 44.9 Å². The van der Waals surface area contributed by atoms with Crippen molar-refractivity contribution in [1.82, 2.24) is 29.9 Å². The Bertz CT molecular complexity index is 1510. The molecule has 200 valence electrons. The Balaban J connectivity index is 1.28. The number of anilines is 3. The van der Waals surface area contributed by atoms with Crippen molar-refractivity contribution in [3.8, 4) is 0 Å². The lowest BCUT2D eigenvalue weighted by Crippen LogP contribution is -2.46. The second-order valence-corrected chi connectivity index (χ2v) is 10.8. The molecule has 4 aromatic rings. The first-order valence-corrected chi connectivity index (χ1v) is 13.2. The number of aromatic amines is 1. The van der Waals surface area contributed by atoms with Crippen LogP contribution in [0.4, 0.5) is 29.8 Å². The van der Waals surface area contributed by atoms with Gasteiger partial charge < -0.3 is 15.5 Å². The topological polar surface area (TPSA) is 121 Å². The number of halogens is 4. The number of amides is 2. The lowest BCUT2D eigenvalue weighted by Gasteiger charge is -2.28. The van der Waals surface area contributed by atoms with Gasteiger partial charge in [-0.1, -0.05) is 11.3 Å². The molecule has 1 aliphatic rings. The highest BCUT2D eigenvalue weighted by atomic mass is 79.9. The van der Waals surface area contributed by atoms with Crippen LogP contribution in [0.3, 0.4) is 0 Å². The lowest BCUT2D eigenvalue weighted by atomic mass is 10.2. The Hall–Kier alpha value is -3.46. The smallest absolute Gasteiger partial charge is 0.329 e. The van der Waals surface area contributed by atoms with Crippen molar-refractivity contribution >= 4 is 66.6 Å². The highest BCUT2D eigenvalue weighted by Gasteiger charge is 2.48. The Morgan fingerprint density at radius 1 is 1.29 bits per heavy atom. The van der Waals surface area contributed by atoms with Gasteiger partial charge in [-0.25, -0.2) is 4.98 Å². The van der Waals surface area contributed by atoms with E-state index in [4.69, 9.17) is 0 Å². The van der Waals surface area contributed by atoms with Gasteiger partial charge in [-0.15, -0.1) is 0 Å². The third-order valence-electron chi connectivity index (χ3n) is 6.35. The predicted octanol–water partition coefficient (Wildman–Crippen LogP) is 5.40. The molecule has 0 radical (unpaired) electrons. The predicted molar refractivity (Wildman–Crippen MR) is 140 cm³/mol. The lowest BCUT2D eigenvalue weighted by molar-refractivity contribution is -0.184. The van der Waals surface area contributed by atoms with Gasteiger partial charge in [0.1, 0.15) is 17.0 Å². The van der Waals surface area contributed by atoms with E-state index in [9.17, 15) is 22.8 Å². The molecule has 15 heteroatoms. The van der Waals surface area contributed by atoms with Gasteiger partial charge in [0.25, 0.3) is 5.91 Å². The van der Waals surface area contributed by atoms with Crippen LogP contribution in [0, 0.1) is 6.92 Å². The third-order valence-corrected chi connectivity index (χ3v) is 7.92. The number of aromatic nitrogens is 5. The molecular weight excluding hydrogens is 589 g/mol. The minimum Gasteiger partial charge on any atom is -0.329 e. The number of hydrogen-bond donors (Lipinski definition) is 3. The van der Waals surface area contributed by atoms with Crippen molar-refractivity contribution in [1.29, 1.82) is 0 Å². The molecule has 0 spiro atoms. The first-order valence-electron chi connectivity index (χ1n) is 11.6. The highest BCUT2D eigenvalue weighted by molar-refractivity contribution is 9.10. The molecule has 0 bridgehead atoms. The molecule has 5 rings (SSSR count). The van der Waals surface area contributed by atoms with Crippen LogP contribution in [0.1, 0.15) is 41.0 Å². The summed E-state index contributed by atoms with van der Waals surface area (Å²) in [7, 11) is 0. The number of H-pyrrole nitrogens is 1. The second kappa shape index (κ2) is 10.0. The minimum absolute atomic E-state index is 0.0638. The van der Waals surface area contributed by atoms with Gasteiger partial charge in [-0.3, -0.25) is 19.4 Å². The van der Waals surface area contributed by atoms with Gasteiger partial charge >= 0.3 is 6.18 Å². The molecule has 3 aromatic heterocycles. The van der Waals surface area contributed by atoms with Gasteiger partial charge in [-0.2, -0.15) is 23.4 Å². The molecule has 3 N–H and O–H groups in total. The van der Waals surface area contributed by atoms with Gasteiger partial charge in [-0.05, 0) is 54.8 Å². The van der Waals surface area contributed by atoms with Crippen LogP contribution >= 0.6 is 27.3 Å². The number of nitrogens with one attached hydrogen (secondary N) is 3. The van der Waals surface area contributed by atoms with E-state index < -0.39 is 24.2 Å². The van der Waals surface area contributed by atoms with E-state index in [0.29, 0.717) is 38.0 Å². The zero-order valence-corrected chi connectivity index (χ0v) is 22.5. The van der Waals surface area contributed by atoms with Crippen LogP contribution in [0.5, 0.6) is 0 Å². The van der Waals surface area contributed by atoms with Crippen molar-refractivity contribution in [2.24, 2.45) is 0 Å². The molecule has 1 aromatic carbocycles. The SMILES string of the molecule is Cc1cn(C(C)C(=O)N2CCC[C@@H]2C(F)(F)F)nc1Nc1ncc(C(=O)Nc2c(Br)ccc3[nH]ncc23)s1. The van der Waals surface area contributed by atoms with Crippen molar-refractivity contribution < 1.29 is 22.8 Å². The first kappa shape index (κ1) is 26.2. The van der Waals surface area contributed by atoms with Crippen LogP contribution in [-0.2, 0) is 4.79 Å². The zero-order valence-electron chi connectivity index (χ0n) is 20.1. The standard InChI is InChI=1S/C23H22BrF3N8O2S/c1-11-10-35(12(2)21(37)34-7-3-4-17(34)23(25,26)27)33-19(11)31-22-28-9-16(38-22)20(36)30-18-13-8-29-32-15(13)6-5-14(18)24/h5-6,8-10,12,17H,3-4,7H2,1-2H3,(H,29,32)(H,30,36)(H,28,31,33)/t12?,17-/m1/s1. The fourth-order valence-electron chi connectivity index (χ4n) is 4.36. The van der Waals surface area contributed by atoms with E-state index in [1.54, 1.807) is 25.4 Å². The largest absolute Gasteiger partial charge is 0.408 e. The molecule has 38 heavy (non-hydrogen) atoms. The summed E-state index contributed by atoms with van der Waals surface area (Å²) in [5.74, 6) is -0.618. The molecule has 2 atom stereocenters. The minimum atomic E-state index is -4.46. The summed E-state index contributed by atoms with van der Waals surface area (Å²) >= 11 is 4.55. The number of carbonyl (C=O) groups excluding carboxylic acids is 2. The number of hydrogen-bond acceptors (Lipinski definition) is 7. The van der Waals surface area contributed by atoms with Crippen molar-refractivity contribution in [3.63, 3.8) is 0 Å². The van der Waals surface area contributed by atoms with Gasteiger partial charge in [0, 0.05) is 28.2 Å². The summed E-state index contributed by atoms with van der Waals surface area (Å²) in [4.78, 5) is 31.3. The molecule has 1 saturated heterocycles. The number of fused-ring (bicyclic) bond motifs is 1. The molecule has 1 fully saturated rings. The fourth-order valence-corrected chi connectivity index (χ4v) is 5.52. The number of aryl methyl sites for hydroxylation is 1. The van der Waals surface area contributed by atoms with E-state index in [1.165, 1.54) is 17.8 Å². The maximum absolute atomic E-state index is 13.3. The van der Waals surface area contributed by atoms with Crippen LogP contribution in [0.2, 0.25) is 0 Å². The van der Waals surface area contributed by atoms with E-state index in [0.717, 1.165) is 27.1 Å². The molecule has 0 aliphatic carbocycles. The van der Waals surface area contributed by atoms with Crippen LogP contribution in [-0.4, -0.2) is 60.4 Å². The average molecular weight is 611 g/mol. The monoisotopic (exact) mass is 610 g/mol. The van der Waals surface area contributed by atoms with E-state index >= 15 is 0 Å².